The first kappa shape index (κ1) is 13.0. The van der Waals surface area contributed by atoms with Crippen LogP contribution in [0.3, 0.4) is 0 Å². The van der Waals surface area contributed by atoms with Gasteiger partial charge in [0.2, 0.25) is 0 Å². The fourth-order valence-electron chi connectivity index (χ4n) is 1.52. The highest BCUT2D eigenvalue weighted by molar-refractivity contribution is 5.25. The van der Waals surface area contributed by atoms with Crippen LogP contribution in [-0.2, 0) is 0 Å². The molecule has 90 valence electrons. The first-order chi connectivity index (χ1) is 7.72. The second kappa shape index (κ2) is 7.25. The number of piperidine rings is 1. The van der Waals surface area contributed by atoms with E-state index in [-0.39, 0.29) is 0 Å². The number of ether oxygens (including phenoxy) is 1. The van der Waals surface area contributed by atoms with Gasteiger partial charge in [0.25, 0.3) is 0 Å². The molecule has 1 aliphatic heterocycles. The number of benzene rings is 1. The van der Waals surface area contributed by atoms with Crippen molar-refractivity contribution >= 4 is 0 Å². The van der Waals surface area contributed by atoms with Crippen LogP contribution in [0, 0.1) is 6.92 Å². The lowest BCUT2D eigenvalue weighted by molar-refractivity contribution is 0.414. The summed E-state index contributed by atoms with van der Waals surface area (Å²) in [4.78, 5) is 0. The maximum Gasteiger partial charge on any atom is 0.118 e. The minimum Gasteiger partial charge on any atom is -0.497 e. The van der Waals surface area contributed by atoms with Gasteiger partial charge in [-0.15, -0.1) is 0 Å². The Labute approximate surface area is 98.0 Å². The topological polar surface area (TPSA) is 47.3 Å². The lowest BCUT2D eigenvalue weighted by Gasteiger charge is -2.17. The molecule has 0 saturated carbocycles. The summed E-state index contributed by atoms with van der Waals surface area (Å²) in [5, 5.41) is 3.24. The Bertz CT molecular complexity index is 278. The summed E-state index contributed by atoms with van der Waals surface area (Å²) in [5.74, 6) is 0.917. The minimum absolute atomic E-state index is 0.473. The van der Waals surface area contributed by atoms with Gasteiger partial charge < -0.3 is 15.8 Å². The molecule has 1 aromatic carbocycles. The lowest BCUT2D eigenvalue weighted by Crippen LogP contribution is -2.35. The van der Waals surface area contributed by atoms with Crippen molar-refractivity contribution < 1.29 is 4.74 Å². The van der Waals surface area contributed by atoms with Crippen molar-refractivity contribution in [3.05, 3.63) is 29.8 Å². The zero-order valence-corrected chi connectivity index (χ0v) is 10.2. The smallest absolute Gasteiger partial charge is 0.118 e. The van der Waals surface area contributed by atoms with Crippen molar-refractivity contribution in [1.29, 1.82) is 0 Å². The summed E-state index contributed by atoms with van der Waals surface area (Å²) in [6, 6.07) is 8.43. The van der Waals surface area contributed by atoms with Gasteiger partial charge in [-0.1, -0.05) is 17.7 Å². The summed E-state index contributed by atoms with van der Waals surface area (Å²) >= 11 is 0. The van der Waals surface area contributed by atoms with E-state index in [1.54, 1.807) is 7.11 Å². The molecule has 16 heavy (non-hydrogen) atoms. The van der Waals surface area contributed by atoms with Crippen LogP contribution < -0.4 is 15.8 Å². The molecule has 1 aromatic rings. The standard InChI is InChI=1S/C8H10O.C5H12N2/c1-7-3-5-8(9-2)6-4-7;6-5-1-3-7-4-2-5/h3-6H,1-2H3;5,7H,1-4,6H2. The molecule has 2 rings (SSSR count). The second-order valence-corrected chi connectivity index (χ2v) is 4.10. The first-order valence-corrected chi connectivity index (χ1v) is 5.79. The van der Waals surface area contributed by atoms with Gasteiger partial charge in [0.15, 0.2) is 0 Å². The summed E-state index contributed by atoms with van der Waals surface area (Å²) < 4.78 is 4.97. The van der Waals surface area contributed by atoms with Gasteiger partial charge in [-0.2, -0.15) is 0 Å². The fraction of sp³-hybridized carbons (Fsp3) is 0.538. The molecule has 1 fully saturated rings. The van der Waals surface area contributed by atoms with Crippen LogP contribution in [0.2, 0.25) is 0 Å². The number of nitrogens with two attached hydrogens (primary N) is 1. The number of aryl methyl sites for hydroxylation is 1. The Hall–Kier alpha value is -1.06. The lowest BCUT2D eigenvalue weighted by atomic mass is 10.1. The fourth-order valence-corrected chi connectivity index (χ4v) is 1.52. The third-order valence-electron chi connectivity index (χ3n) is 2.64. The molecule has 3 nitrogen and oxygen atoms in total. The van der Waals surface area contributed by atoms with E-state index in [1.807, 2.05) is 24.3 Å². The molecule has 0 aliphatic carbocycles. The van der Waals surface area contributed by atoms with Crippen molar-refractivity contribution in [2.75, 3.05) is 20.2 Å². The highest BCUT2D eigenvalue weighted by Crippen LogP contribution is 2.09. The monoisotopic (exact) mass is 222 g/mol. The van der Waals surface area contributed by atoms with E-state index in [2.05, 4.69) is 12.2 Å². The number of hydrogen-bond donors (Lipinski definition) is 2. The molecule has 0 amide bonds. The molecule has 0 spiro atoms. The van der Waals surface area contributed by atoms with E-state index in [4.69, 9.17) is 10.5 Å². The van der Waals surface area contributed by atoms with Crippen molar-refractivity contribution in [1.82, 2.24) is 5.32 Å². The molecule has 0 bridgehead atoms. The zero-order chi connectivity index (χ0) is 11.8. The Morgan fingerprint density at radius 2 is 1.75 bits per heavy atom. The molecule has 0 atom stereocenters. The van der Waals surface area contributed by atoms with Crippen molar-refractivity contribution in [2.24, 2.45) is 5.73 Å². The van der Waals surface area contributed by atoms with Crippen LogP contribution in [0.1, 0.15) is 18.4 Å². The molecular weight excluding hydrogens is 200 g/mol. The molecule has 0 aromatic heterocycles. The van der Waals surface area contributed by atoms with Gasteiger partial charge in [-0.25, -0.2) is 0 Å². The maximum absolute atomic E-state index is 5.59. The summed E-state index contributed by atoms with van der Waals surface area (Å²) in [7, 11) is 1.67. The van der Waals surface area contributed by atoms with Crippen LogP contribution in [0.15, 0.2) is 24.3 Å². The number of hydrogen-bond acceptors (Lipinski definition) is 3. The Morgan fingerprint density at radius 3 is 2.12 bits per heavy atom. The molecular formula is C13H22N2O. The number of methoxy groups -OCH3 is 1. The highest BCUT2D eigenvalue weighted by Gasteiger charge is 2.05. The summed E-state index contributed by atoms with van der Waals surface area (Å²) in [6.45, 7) is 4.28. The van der Waals surface area contributed by atoms with Gasteiger partial charge in [-0.05, 0) is 45.0 Å². The zero-order valence-electron chi connectivity index (χ0n) is 10.2. The van der Waals surface area contributed by atoms with E-state index < -0.39 is 0 Å². The quantitative estimate of drug-likeness (QED) is 0.760. The van der Waals surface area contributed by atoms with Gasteiger partial charge in [0.1, 0.15) is 5.75 Å². The highest BCUT2D eigenvalue weighted by atomic mass is 16.5. The molecule has 3 N–H and O–H groups in total. The van der Waals surface area contributed by atoms with Gasteiger partial charge in [-0.3, -0.25) is 0 Å². The molecule has 3 heteroatoms. The number of nitrogens with one attached hydrogen (secondary N) is 1. The Morgan fingerprint density at radius 1 is 1.19 bits per heavy atom. The number of rotatable bonds is 1. The van der Waals surface area contributed by atoms with Crippen molar-refractivity contribution in [2.45, 2.75) is 25.8 Å². The molecule has 1 saturated heterocycles. The molecule has 1 heterocycles. The van der Waals surface area contributed by atoms with Gasteiger partial charge in [0.05, 0.1) is 7.11 Å². The van der Waals surface area contributed by atoms with E-state index in [9.17, 15) is 0 Å². The predicted octanol–water partition coefficient (Wildman–Crippen LogP) is 1.70. The van der Waals surface area contributed by atoms with Gasteiger partial charge >= 0.3 is 0 Å². The Kier molecular flexibility index (Phi) is 5.90. The third kappa shape index (κ3) is 5.14. The molecule has 0 radical (unpaired) electrons. The van der Waals surface area contributed by atoms with Crippen LogP contribution in [0.5, 0.6) is 5.75 Å². The molecule has 1 aliphatic rings. The van der Waals surface area contributed by atoms with E-state index in [1.165, 1.54) is 5.56 Å². The SMILES string of the molecule is COc1ccc(C)cc1.NC1CCNCC1. The normalized spacial score (nSPS) is 16.2. The van der Waals surface area contributed by atoms with Crippen LogP contribution in [-0.4, -0.2) is 26.2 Å². The summed E-state index contributed by atoms with van der Waals surface area (Å²) in [6.07, 6.45) is 2.31. The largest absolute Gasteiger partial charge is 0.497 e. The Balaban J connectivity index is 0.000000165. The average Bonchev–Trinajstić information content (AvgIpc) is 2.32. The summed E-state index contributed by atoms with van der Waals surface area (Å²) in [5.41, 5.74) is 6.85. The average molecular weight is 222 g/mol. The predicted molar refractivity (Wildman–Crippen MR) is 67.8 cm³/mol. The van der Waals surface area contributed by atoms with Gasteiger partial charge in [0, 0.05) is 6.04 Å². The maximum atomic E-state index is 5.59. The first-order valence-electron chi connectivity index (χ1n) is 5.79. The second-order valence-electron chi connectivity index (χ2n) is 4.10. The van der Waals surface area contributed by atoms with E-state index >= 15 is 0 Å². The van der Waals surface area contributed by atoms with E-state index in [0.29, 0.717) is 6.04 Å². The molecule has 0 unspecified atom stereocenters. The van der Waals surface area contributed by atoms with Crippen LogP contribution in [0.4, 0.5) is 0 Å². The van der Waals surface area contributed by atoms with E-state index in [0.717, 1.165) is 31.7 Å². The van der Waals surface area contributed by atoms with Crippen molar-refractivity contribution in [3.8, 4) is 5.75 Å². The van der Waals surface area contributed by atoms with Crippen molar-refractivity contribution in [3.63, 3.8) is 0 Å². The van der Waals surface area contributed by atoms with Crippen LogP contribution in [0.25, 0.3) is 0 Å². The minimum atomic E-state index is 0.473. The third-order valence-corrected chi connectivity index (χ3v) is 2.64. The van der Waals surface area contributed by atoms with Crippen LogP contribution >= 0.6 is 0 Å².